The highest BCUT2D eigenvalue weighted by Crippen LogP contribution is 2.18. The fourth-order valence-electron chi connectivity index (χ4n) is 3.41. The normalized spacial score (nSPS) is 22.2. The number of nitrogens with one attached hydrogen (secondary N) is 1. The monoisotopic (exact) mass is 380 g/mol. The third kappa shape index (κ3) is 5.66. The number of nitrogens with zero attached hydrogens (tertiary/aromatic N) is 3. The van der Waals surface area contributed by atoms with E-state index in [2.05, 4.69) is 29.0 Å². The molecule has 0 spiro atoms. The maximum absolute atomic E-state index is 6.08. The molecule has 3 heterocycles. The van der Waals surface area contributed by atoms with Crippen LogP contribution in [0.4, 0.5) is 0 Å². The Labute approximate surface area is 161 Å². The van der Waals surface area contributed by atoms with Crippen LogP contribution < -0.4 is 5.32 Å². The number of rotatable bonds is 7. The first-order chi connectivity index (χ1) is 12.8. The Morgan fingerprint density at radius 2 is 2.23 bits per heavy atom. The van der Waals surface area contributed by atoms with Crippen LogP contribution in [0.2, 0.25) is 0 Å². The number of aromatic nitrogens is 1. The molecule has 2 aliphatic heterocycles. The highest BCUT2D eigenvalue weighted by Gasteiger charge is 2.24. The summed E-state index contributed by atoms with van der Waals surface area (Å²) < 4.78 is 11.7. The number of ether oxygens (including phenoxy) is 2. The standard InChI is InChI=1S/C19H32N4O2S/c1-3-17-12-21-18(26-17)13-22-19(20-4-2)23-9-7-15(8-10-23)25-14-16-6-5-11-24-16/h12,15-16H,3-11,13-14H2,1-2H3,(H,20,22). The Balaban J connectivity index is 1.46. The molecule has 6 nitrogen and oxygen atoms in total. The Morgan fingerprint density at radius 3 is 2.88 bits per heavy atom. The molecule has 0 aliphatic carbocycles. The summed E-state index contributed by atoms with van der Waals surface area (Å²) in [6.45, 7) is 9.44. The van der Waals surface area contributed by atoms with E-state index >= 15 is 0 Å². The van der Waals surface area contributed by atoms with Crippen molar-refractivity contribution in [1.29, 1.82) is 0 Å². The van der Waals surface area contributed by atoms with Crippen molar-refractivity contribution in [2.75, 3.05) is 32.8 Å². The first-order valence-electron chi connectivity index (χ1n) is 9.98. The zero-order valence-corrected chi connectivity index (χ0v) is 16.9. The van der Waals surface area contributed by atoms with Crippen molar-refractivity contribution >= 4 is 17.3 Å². The average Bonchev–Trinajstić information content (AvgIpc) is 3.35. The lowest BCUT2D eigenvalue weighted by molar-refractivity contribution is -0.0367. The van der Waals surface area contributed by atoms with Crippen LogP contribution in [0.3, 0.4) is 0 Å². The summed E-state index contributed by atoms with van der Waals surface area (Å²) in [6, 6.07) is 0. The molecule has 2 fully saturated rings. The van der Waals surface area contributed by atoms with Crippen LogP contribution in [-0.4, -0.2) is 60.9 Å². The maximum atomic E-state index is 6.08. The smallest absolute Gasteiger partial charge is 0.194 e. The van der Waals surface area contributed by atoms with Crippen molar-refractivity contribution in [3.05, 3.63) is 16.1 Å². The number of thiazole rings is 1. The molecule has 7 heteroatoms. The minimum atomic E-state index is 0.318. The van der Waals surface area contributed by atoms with E-state index in [0.717, 1.165) is 69.5 Å². The van der Waals surface area contributed by atoms with Crippen LogP contribution in [0.1, 0.15) is 49.4 Å². The molecule has 1 atom stereocenters. The number of likely N-dealkylation sites (tertiary alicyclic amines) is 1. The molecule has 0 saturated carbocycles. The molecule has 2 saturated heterocycles. The molecule has 0 bridgehead atoms. The van der Waals surface area contributed by atoms with Crippen LogP contribution in [0, 0.1) is 0 Å². The van der Waals surface area contributed by atoms with Crippen molar-refractivity contribution in [3.8, 4) is 0 Å². The fraction of sp³-hybridized carbons (Fsp3) is 0.789. The Hall–Kier alpha value is -1.18. The Morgan fingerprint density at radius 1 is 1.38 bits per heavy atom. The first kappa shape index (κ1) is 19.6. The molecule has 3 rings (SSSR count). The summed E-state index contributed by atoms with van der Waals surface area (Å²) in [5.74, 6) is 0.998. The molecule has 1 aromatic rings. The van der Waals surface area contributed by atoms with Gasteiger partial charge in [-0.1, -0.05) is 6.92 Å². The third-order valence-electron chi connectivity index (χ3n) is 4.93. The van der Waals surface area contributed by atoms with E-state index < -0.39 is 0 Å². The summed E-state index contributed by atoms with van der Waals surface area (Å²) in [6.07, 6.45) is 8.10. The topological polar surface area (TPSA) is 59.0 Å². The second-order valence-electron chi connectivity index (χ2n) is 6.90. The van der Waals surface area contributed by atoms with E-state index in [1.165, 1.54) is 11.3 Å². The van der Waals surface area contributed by atoms with Gasteiger partial charge in [-0.25, -0.2) is 9.98 Å². The molecule has 1 N–H and O–H groups in total. The van der Waals surface area contributed by atoms with E-state index in [4.69, 9.17) is 14.5 Å². The van der Waals surface area contributed by atoms with Crippen LogP contribution in [0.15, 0.2) is 11.2 Å². The lowest BCUT2D eigenvalue weighted by Gasteiger charge is -2.34. The first-order valence-corrected chi connectivity index (χ1v) is 10.8. The number of aryl methyl sites for hydroxylation is 1. The summed E-state index contributed by atoms with van der Waals surface area (Å²) >= 11 is 1.76. The molecular formula is C19H32N4O2S. The van der Waals surface area contributed by atoms with Crippen molar-refractivity contribution in [2.24, 2.45) is 4.99 Å². The molecular weight excluding hydrogens is 348 g/mol. The van der Waals surface area contributed by atoms with Gasteiger partial charge < -0.3 is 19.7 Å². The predicted octanol–water partition coefficient (Wildman–Crippen LogP) is 2.83. The second-order valence-corrected chi connectivity index (χ2v) is 8.10. The molecule has 2 aliphatic rings. The van der Waals surface area contributed by atoms with E-state index in [1.807, 2.05) is 6.20 Å². The summed E-state index contributed by atoms with van der Waals surface area (Å²) in [4.78, 5) is 13.0. The van der Waals surface area contributed by atoms with Crippen LogP contribution in [-0.2, 0) is 22.4 Å². The fourth-order valence-corrected chi connectivity index (χ4v) is 4.19. The summed E-state index contributed by atoms with van der Waals surface area (Å²) in [5, 5.41) is 4.52. The lowest BCUT2D eigenvalue weighted by atomic mass is 10.1. The number of guanidine groups is 1. The van der Waals surface area contributed by atoms with Gasteiger partial charge in [0.15, 0.2) is 5.96 Å². The molecule has 0 amide bonds. The van der Waals surface area contributed by atoms with E-state index in [9.17, 15) is 0 Å². The van der Waals surface area contributed by atoms with Gasteiger partial charge >= 0.3 is 0 Å². The highest BCUT2D eigenvalue weighted by atomic mass is 32.1. The van der Waals surface area contributed by atoms with Gasteiger partial charge in [0.2, 0.25) is 0 Å². The minimum Gasteiger partial charge on any atom is -0.376 e. The van der Waals surface area contributed by atoms with Crippen molar-refractivity contribution in [2.45, 2.75) is 64.7 Å². The lowest BCUT2D eigenvalue weighted by Crippen LogP contribution is -2.47. The number of piperidine rings is 1. The zero-order chi connectivity index (χ0) is 18.2. The Kier molecular flexibility index (Phi) is 7.70. The quantitative estimate of drug-likeness (QED) is 0.582. The predicted molar refractivity (Wildman–Crippen MR) is 106 cm³/mol. The van der Waals surface area contributed by atoms with Crippen LogP contribution in [0.5, 0.6) is 0 Å². The van der Waals surface area contributed by atoms with Gasteiger partial charge in [-0.05, 0) is 39.0 Å². The van der Waals surface area contributed by atoms with Crippen LogP contribution >= 0.6 is 11.3 Å². The van der Waals surface area contributed by atoms with Gasteiger partial charge in [0.1, 0.15) is 5.01 Å². The van der Waals surface area contributed by atoms with Crippen molar-refractivity contribution in [1.82, 2.24) is 15.2 Å². The number of hydrogen-bond donors (Lipinski definition) is 1. The Bertz CT molecular complexity index is 564. The average molecular weight is 381 g/mol. The minimum absolute atomic E-state index is 0.318. The van der Waals surface area contributed by atoms with Gasteiger partial charge in [-0.15, -0.1) is 11.3 Å². The van der Waals surface area contributed by atoms with Gasteiger partial charge in [0, 0.05) is 37.3 Å². The van der Waals surface area contributed by atoms with Gasteiger partial charge in [0.05, 0.1) is 25.4 Å². The maximum Gasteiger partial charge on any atom is 0.194 e. The SMILES string of the molecule is CCNC(=NCc1ncc(CC)s1)N1CCC(OCC2CCCO2)CC1. The van der Waals surface area contributed by atoms with E-state index in [0.29, 0.717) is 18.8 Å². The van der Waals surface area contributed by atoms with Gasteiger partial charge in [-0.2, -0.15) is 0 Å². The number of aliphatic imine (C=N–C) groups is 1. The largest absolute Gasteiger partial charge is 0.376 e. The molecule has 1 aromatic heterocycles. The molecule has 1 unspecified atom stereocenters. The second kappa shape index (κ2) is 10.2. The summed E-state index contributed by atoms with van der Waals surface area (Å²) in [7, 11) is 0. The molecule has 26 heavy (non-hydrogen) atoms. The van der Waals surface area contributed by atoms with Crippen molar-refractivity contribution in [3.63, 3.8) is 0 Å². The van der Waals surface area contributed by atoms with Gasteiger partial charge in [0.25, 0.3) is 0 Å². The zero-order valence-electron chi connectivity index (χ0n) is 16.1. The summed E-state index contributed by atoms with van der Waals surface area (Å²) in [5.41, 5.74) is 0. The van der Waals surface area contributed by atoms with E-state index in [1.54, 1.807) is 11.3 Å². The molecule has 0 radical (unpaired) electrons. The van der Waals surface area contributed by atoms with Gasteiger partial charge in [-0.3, -0.25) is 0 Å². The third-order valence-corrected chi connectivity index (χ3v) is 6.06. The molecule has 146 valence electrons. The highest BCUT2D eigenvalue weighted by molar-refractivity contribution is 7.11. The number of hydrogen-bond acceptors (Lipinski definition) is 5. The van der Waals surface area contributed by atoms with Crippen molar-refractivity contribution < 1.29 is 9.47 Å². The molecule has 0 aromatic carbocycles. The van der Waals surface area contributed by atoms with E-state index in [-0.39, 0.29) is 0 Å². The van der Waals surface area contributed by atoms with Crippen LogP contribution in [0.25, 0.3) is 0 Å².